The van der Waals surface area contributed by atoms with E-state index in [2.05, 4.69) is 13.0 Å². The first-order chi connectivity index (χ1) is 11.3. The van der Waals surface area contributed by atoms with Crippen molar-refractivity contribution in [3.05, 3.63) is 29.8 Å². The molecule has 1 aliphatic carbocycles. The fourth-order valence-electron chi connectivity index (χ4n) is 3.68. The van der Waals surface area contributed by atoms with Crippen molar-refractivity contribution in [3.63, 3.8) is 0 Å². The van der Waals surface area contributed by atoms with Crippen LogP contribution in [0.4, 0.5) is 0 Å². The maximum absolute atomic E-state index is 8.77. The van der Waals surface area contributed by atoms with Crippen molar-refractivity contribution in [3.8, 4) is 11.8 Å². The lowest BCUT2D eigenvalue weighted by Gasteiger charge is -2.28. The second-order valence-electron chi connectivity index (χ2n) is 7.01. The van der Waals surface area contributed by atoms with Gasteiger partial charge in [-0.1, -0.05) is 58.3 Å². The fourth-order valence-corrected chi connectivity index (χ4v) is 3.68. The molecule has 1 saturated carbocycles. The van der Waals surface area contributed by atoms with Crippen LogP contribution in [0.15, 0.2) is 24.3 Å². The van der Waals surface area contributed by atoms with Crippen molar-refractivity contribution >= 4 is 0 Å². The SMILES string of the molecule is CCCCC[C@H]1CC[C@H](CCCOc2ccc(C#N)cc2)CC1. The van der Waals surface area contributed by atoms with E-state index in [1.54, 1.807) is 0 Å². The van der Waals surface area contributed by atoms with Crippen LogP contribution in [0.25, 0.3) is 0 Å². The molecule has 2 rings (SSSR count). The molecule has 0 aromatic heterocycles. The molecule has 23 heavy (non-hydrogen) atoms. The molecule has 0 aliphatic heterocycles. The van der Waals surface area contributed by atoms with Gasteiger partial charge < -0.3 is 4.74 Å². The Morgan fingerprint density at radius 1 is 0.957 bits per heavy atom. The molecule has 1 aliphatic rings. The van der Waals surface area contributed by atoms with E-state index >= 15 is 0 Å². The molecule has 0 saturated heterocycles. The topological polar surface area (TPSA) is 33.0 Å². The first-order valence-electron chi connectivity index (χ1n) is 9.44. The summed E-state index contributed by atoms with van der Waals surface area (Å²) in [5.41, 5.74) is 0.688. The Labute approximate surface area is 141 Å². The molecule has 1 aromatic carbocycles. The third-order valence-electron chi connectivity index (χ3n) is 5.19. The van der Waals surface area contributed by atoms with Crippen LogP contribution in [0.3, 0.4) is 0 Å². The molecule has 0 N–H and O–H groups in total. The highest BCUT2D eigenvalue weighted by atomic mass is 16.5. The highest BCUT2D eigenvalue weighted by Gasteiger charge is 2.20. The Hall–Kier alpha value is -1.49. The van der Waals surface area contributed by atoms with E-state index in [0.717, 1.165) is 30.6 Å². The molecule has 126 valence electrons. The van der Waals surface area contributed by atoms with Gasteiger partial charge in [-0.15, -0.1) is 0 Å². The molecule has 1 fully saturated rings. The number of unbranched alkanes of at least 4 members (excludes halogenated alkanes) is 2. The van der Waals surface area contributed by atoms with E-state index in [1.165, 1.54) is 57.8 Å². The van der Waals surface area contributed by atoms with Gasteiger partial charge in [-0.2, -0.15) is 5.26 Å². The monoisotopic (exact) mass is 313 g/mol. The van der Waals surface area contributed by atoms with E-state index in [1.807, 2.05) is 24.3 Å². The lowest BCUT2D eigenvalue weighted by molar-refractivity contribution is 0.228. The fraction of sp³-hybridized carbons (Fsp3) is 0.667. The summed E-state index contributed by atoms with van der Waals surface area (Å²) in [6, 6.07) is 9.54. The number of nitrogens with zero attached hydrogens (tertiary/aromatic N) is 1. The Kier molecular flexibility index (Phi) is 8.01. The zero-order valence-electron chi connectivity index (χ0n) is 14.6. The van der Waals surface area contributed by atoms with Crippen LogP contribution in [0.2, 0.25) is 0 Å². The molecule has 2 nitrogen and oxygen atoms in total. The summed E-state index contributed by atoms with van der Waals surface area (Å²) >= 11 is 0. The van der Waals surface area contributed by atoms with Crippen molar-refractivity contribution in [1.82, 2.24) is 0 Å². The average molecular weight is 313 g/mol. The molecule has 0 bridgehead atoms. The van der Waals surface area contributed by atoms with Crippen LogP contribution in [-0.2, 0) is 0 Å². The van der Waals surface area contributed by atoms with Gasteiger partial charge in [0.05, 0.1) is 18.2 Å². The Bertz CT molecular complexity index is 466. The summed E-state index contributed by atoms with van der Waals surface area (Å²) in [5.74, 6) is 2.80. The Morgan fingerprint density at radius 3 is 2.13 bits per heavy atom. The molecule has 0 unspecified atom stereocenters. The number of rotatable bonds is 9. The normalized spacial score (nSPS) is 20.9. The summed E-state index contributed by atoms with van der Waals surface area (Å²) in [4.78, 5) is 0. The molecule has 0 radical (unpaired) electrons. The average Bonchev–Trinajstić information content (AvgIpc) is 2.61. The molecule has 2 heteroatoms. The van der Waals surface area contributed by atoms with Gasteiger partial charge in [-0.05, 0) is 48.9 Å². The van der Waals surface area contributed by atoms with Crippen LogP contribution < -0.4 is 4.74 Å². The van der Waals surface area contributed by atoms with Gasteiger partial charge in [0.25, 0.3) is 0 Å². The number of hydrogen-bond acceptors (Lipinski definition) is 2. The van der Waals surface area contributed by atoms with Crippen molar-refractivity contribution in [1.29, 1.82) is 5.26 Å². The molecular weight excluding hydrogens is 282 g/mol. The van der Waals surface area contributed by atoms with Gasteiger partial charge in [0.1, 0.15) is 5.75 Å². The van der Waals surface area contributed by atoms with Crippen molar-refractivity contribution in [2.75, 3.05) is 6.61 Å². The number of hydrogen-bond donors (Lipinski definition) is 0. The van der Waals surface area contributed by atoms with E-state index < -0.39 is 0 Å². The van der Waals surface area contributed by atoms with E-state index in [4.69, 9.17) is 10.00 Å². The molecular formula is C21H31NO. The van der Waals surface area contributed by atoms with Crippen molar-refractivity contribution < 1.29 is 4.74 Å². The highest BCUT2D eigenvalue weighted by molar-refractivity contribution is 5.34. The maximum Gasteiger partial charge on any atom is 0.119 e. The van der Waals surface area contributed by atoms with Gasteiger partial charge in [0.15, 0.2) is 0 Å². The summed E-state index contributed by atoms with van der Waals surface area (Å²) in [5, 5.41) is 8.77. The molecule has 1 aromatic rings. The summed E-state index contributed by atoms with van der Waals surface area (Å²) in [7, 11) is 0. The Morgan fingerprint density at radius 2 is 1.57 bits per heavy atom. The zero-order chi connectivity index (χ0) is 16.3. The van der Waals surface area contributed by atoms with Crippen molar-refractivity contribution in [2.24, 2.45) is 11.8 Å². The lowest BCUT2D eigenvalue weighted by atomic mass is 9.78. The maximum atomic E-state index is 8.77. The largest absolute Gasteiger partial charge is 0.494 e. The van der Waals surface area contributed by atoms with Gasteiger partial charge >= 0.3 is 0 Å². The summed E-state index contributed by atoms with van der Waals surface area (Å²) in [6.07, 6.45) is 13.8. The number of benzene rings is 1. The van der Waals surface area contributed by atoms with Crippen LogP contribution in [0.5, 0.6) is 5.75 Å². The van der Waals surface area contributed by atoms with Gasteiger partial charge in [0, 0.05) is 0 Å². The molecule has 0 spiro atoms. The standard InChI is InChI=1S/C21H31NO/c1-2-3-4-6-18-8-10-19(11-9-18)7-5-16-23-21-14-12-20(17-22)13-15-21/h12-15,18-19H,2-11,16H2,1H3/t18-,19-. The van der Waals surface area contributed by atoms with E-state index in [0.29, 0.717) is 5.56 Å². The summed E-state index contributed by atoms with van der Waals surface area (Å²) < 4.78 is 5.77. The molecule has 0 amide bonds. The molecule has 0 heterocycles. The highest BCUT2D eigenvalue weighted by Crippen LogP contribution is 2.34. The quantitative estimate of drug-likeness (QED) is 0.516. The minimum atomic E-state index is 0.688. The second kappa shape index (κ2) is 10.3. The van der Waals surface area contributed by atoms with Gasteiger partial charge in [-0.3, -0.25) is 0 Å². The third kappa shape index (κ3) is 6.65. The zero-order valence-corrected chi connectivity index (χ0v) is 14.6. The second-order valence-corrected chi connectivity index (χ2v) is 7.01. The predicted molar refractivity (Wildman–Crippen MR) is 95.5 cm³/mol. The van der Waals surface area contributed by atoms with Crippen LogP contribution in [-0.4, -0.2) is 6.61 Å². The number of nitriles is 1. The third-order valence-corrected chi connectivity index (χ3v) is 5.19. The minimum Gasteiger partial charge on any atom is -0.494 e. The van der Waals surface area contributed by atoms with Crippen LogP contribution in [0.1, 0.15) is 76.7 Å². The summed E-state index contributed by atoms with van der Waals surface area (Å²) in [6.45, 7) is 3.08. The van der Waals surface area contributed by atoms with E-state index in [-0.39, 0.29) is 0 Å². The lowest BCUT2D eigenvalue weighted by Crippen LogP contribution is -2.15. The van der Waals surface area contributed by atoms with E-state index in [9.17, 15) is 0 Å². The smallest absolute Gasteiger partial charge is 0.119 e. The van der Waals surface area contributed by atoms with Gasteiger partial charge in [0.2, 0.25) is 0 Å². The van der Waals surface area contributed by atoms with Crippen molar-refractivity contribution in [2.45, 2.75) is 71.1 Å². The molecule has 0 atom stereocenters. The first-order valence-corrected chi connectivity index (χ1v) is 9.44. The first kappa shape index (κ1) is 17.9. The number of ether oxygens (including phenoxy) is 1. The van der Waals surface area contributed by atoms with Crippen LogP contribution >= 0.6 is 0 Å². The predicted octanol–water partition coefficient (Wildman–Crippen LogP) is 6.10. The Balaban J connectivity index is 1.54. The van der Waals surface area contributed by atoms with Crippen LogP contribution in [0, 0.1) is 23.2 Å². The van der Waals surface area contributed by atoms with Gasteiger partial charge in [-0.25, -0.2) is 0 Å². The minimum absolute atomic E-state index is 0.688.